The van der Waals surface area contributed by atoms with Gasteiger partial charge in [-0.05, 0) is 31.2 Å². The maximum absolute atomic E-state index is 12.5. The molecule has 5 nitrogen and oxygen atoms in total. The Morgan fingerprint density at radius 3 is 2.38 bits per heavy atom. The number of rotatable bonds is 4. The number of amides is 1. The number of hydrogen-bond donors (Lipinski definition) is 1. The van der Waals surface area contributed by atoms with Gasteiger partial charge in [-0.1, -0.05) is 29.8 Å². The lowest BCUT2D eigenvalue weighted by Gasteiger charge is -2.05. The highest BCUT2D eigenvalue weighted by Crippen LogP contribution is 2.24. The maximum atomic E-state index is 12.5. The molecule has 0 radical (unpaired) electrons. The molecule has 0 aliphatic rings. The SMILES string of the molecule is Cc1ccc(-c2ocnc2C(=O)Nc2ccc([S@](C)=O)cc2)cc1. The van der Waals surface area contributed by atoms with Crippen molar-refractivity contribution in [3.8, 4) is 11.3 Å². The van der Waals surface area contributed by atoms with Crippen molar-refractivity contribution in [2.45, 2.75) is 11.8 Å². The van der Waals surface area contributed by atoms with Crippen LogP contribution in [0.3, 0.4) is 0 Å². The Bertz CT molecular complexity index is 883. The second kappa shape index (κ2) is 6.80. The number of oxazole rings is 1. The summed E-state index contributed by atoms with van der Waals surface area (Å²) in [5.41, 5.74) is 2.74. The molecule has 3 rings (SSSR count). The van der Waals surface area contributed by atoms with E-state index < -0.39 is 10.8 Å². The van der Waals surface area contributed by atoms with Gasteiger partial charge in [0.05, 0.1) is 0 Å². The summed E-state index contributed by atoms with van der Waals surface area (Å²) >= 11 is 0. The third kappa shape index (κ3) is 3.44. The van der Waals surface area contributed by atoms with Crippen LogP contribution in [-0.4, -0.2) is 21.4 Å². The Balaban J connectivity index is 1.82. The Morgan fingerprint density at radius 1 is 1.08 bits per heavy atom. The first-order chi connectivity index (χ1) is 11.5. The molecule has 0 bridgehead atoms. The van der Waals surface area contributed by atoms with Crippen LogP contribution >= 0.6 is 0 Å². The number of aryl methyl sites for hydroxylation is 1. The number of carbonyl (C=O) groups excluding carboxylic acids is 1. The summed E-state index contributed by atoms with van der Waals surface area (Å²) in [5.74, 6) is 0.0727. The Labute approximate surface area is 142 Å². The summed E-state index contributed by atoms with van der Waals surface area (Å²) in [7, 11) is -1.05. The number of aromatic nitrogens is 1. The van der Waals surface area contributed by atoms with E-state index >= 15 is 0 Å². The smallest absolute Gasteiger partial charge is 0.278 e. The van der Waals surface area contributed by atoms with Crippen molar-refractivity contribution in [2.24, 2.45) is 0 Å². The van der Waals surface area contributed by atoms with Crippen molar-refractivity contribution in [1.29, 1.82) is 0 Å². The van der Waals surface area contributed by atoms with Crippen molar-refractivity contribution >= 4 is 22.4 Å². The van der Waals surface area contributed by atoms with E-state index in [9.17, 15) is 9.00 Å². The van der Waals surface area contributed by atoms with Crippen LogP contribution in [0, 0.1) is 6.92 Å². The zero-order valence-corrected chi connectivity index (χ0v) is 14.1. The number of carbonyl (C=O) groups is 1. The third-order valence-corrected chi connectivity index (χ3v) is 4.48. The second-order valence-corrected chi connectivity index (χ2v) is 6.71. The highest BCUT2D eigenvalue weighted by Gasteiger charge is 2.18. The van der Waals surface area contributed by atoms with Gasteiger partial charge in [-0.15, -0.1) is 0 Å². The van der Waals surface area contributed by atoms with Gasteiger partial charge >= 0.3 is 0 Å². The highest BCUT2D eigenvalue weighted by atomic mass is 32.2. The molecular formula is C18H16N2O3S. The normalized spacial score (nSPS) is 11.9. The fraction of sp³-hybridized carbons (Fsp3) is 0.111. The first-order valence-corrected chi connectivity index (χ1v) is 8.86. The zero-order chi connectivity index (χ0) is 17.1. The molecule has 122 valence electrons. The molecular weight excluding hydrogens is 324 g/mol. The average Bonchev–Trinajstić information content (AvgIpc) is 3.06. The van der Waals surface area contributed by atoms with E-state index in [0.29, 0.717) is 16.3 Å². The molecule has 2 aromatic carbocycles. The van der Waals surface area contributed by atoms with Gasteiger partial charge in [-0.25, -0.2) is 4.98 Å². The van der Waals surface area contributed by atoms with E-state index in [4.69, 9.17) is 4.42 Å². The molecule has 1 aromatic heterocycles. The summed E-state index contributed by atoms with van der Waals surface area (Å²) in [4.78, 5) is 17.2. The number of hydrogen-bond acceptors (Lipinski definition) is 4. The molecule has 0 saturated heterocycles. The van der Waals surface area contributed by atoms with E-state index in [1.807, 2.05) is 31.2 Å². The van der Waals surface area contributed by atoms with Gasteiger partial charge in [0.2, 0.25) is 0 Å². The van der Waals surface area contributed by atoms with Gasteiger partial charge in [0, 0.05) is 33.2 Å². The molecule has 0 aliphatic heterocycles. The molecule has 24 heavy (non-hydrogen) atoms. The third-order valence-electron chi connectivity index (χ3n) is 3.54. The quantitative estimate of drug-likeness (QED) is 0.787. The largest absolute Gasteiger partial charge is 0.443 e. The van der Waals surface area contributed by atoms with Crippen molar-refractivity contribution in [3.05, 3.63) is 66.2 Å². The lowest BCUT2D eigenvalue weighted by atomic mass is 10.1. The Kier molecular flexibility index (Phi) is 4.57. The second-order valence-electron chi connectivity index (χ2n) is 5.33. The van der Waals surface area contributed by atoms with Crippen molar-refractivity contribution in [1.82, 2.24) is 4.98 Å². The molecule has 0 saturated carbocycles. The van der Waals surface area contributed by atoms with E-state index in [2.05, 4.69) is 10.3 Å². The predicted octanol–water partition coefficient (Wildman–Crippen LogP) is 3.64. The van der Waals surface area contributed by atoms with E-state index in [-0.39, 0.29) is 11.6 Å². The minimum absolute atomic E-state index is 0.224. The first-order valence-electron chi connectivity index (χ1n) is 7.30. The van der Waals surface area contributed by atoms with Gasteiger partial charge in [0.15, 0.2) is 17.8 Å². The molecule has 1 heterocycles. The number of benzene rings is 2. The van der Waals surface area contributed by atoms with E-state index in [1.165, 1.54) is 6.39 Å². The van der Waals surface area contributed by atoms with E-state index in [0.717, 1.165) is 11.1 Å². The molecule has 0 fully saturated rings. The van der Waals surface area contributed by atoms with Gasteiger partial charge in [-0.2, -0.15) is 0 Å². The monoisotopic (exact) mass is 340 g/mol. The number of nitrogens with one attached hydrogen (secondary N) is 1. The fourth-order valence-electron chi connectivity index (χ4n) is 2.24. The molecule has 1 N–H and O–H groups in total. The van der Waals surface area contributed by atoms with Gasteiger partial charge < -0.3 is 9.73 Å². The first kappa shape index (κ1) is 16.1. The van der Waals surface area contributed by atoms with Gasteiger partial charge in [0.25, 0.3) is 5.91 Å². The van der Waals surface area contributed by atoms with Crippen LogP contribution in [-0.2, 0) is 10.8 Å². The van der Waals surface area contributed by atoms with Crippen molar-refractivity contribution in [2.75, 3.05) is 11.6 Å². The van der Waals surface area contributed by atoms with Gasteiger partial charge in [0.1, 0.15) is 0 Å². The summed E-state index contributed by atoms with van der Waals surface area (Å²) < 4.78 is 16.8. The summed E-state index contributed by atoms with van der Waals surface area (Å²) in [5, 5.41) is 2.77. The van der Waals surface area contributed by atoms with Crippen molar-refractivity contribution in [3.63, 3.8) is 0 Å². The van der Waals surface area contributed by atoms with Crippen LogP contribution in [0.2, 0.25) is 0 Å². The highest BCUT2D eigenvalue weighted by molar-refractivity contribution is 7.84. The summed E-state index contributed by atoms with van der Waals surface area (Å²) in [6.07, 6.45) is 2.87. The Morgan fingerprint density at radius 2 is 1.75 bits per heavy atom. The van der Waals surface area contributed by atoms with Crippen molar-refractivity contribution < 1.29 is 13.4 Å². The van der Waals surface area contributed by atoms with Crippen LogP contribution in [0.15, 0.2) is 64.2 Å². The van der Waals surface area contributed by atoms with Gasteiger partial charge in [-0.3, -0.25) is 9.00 Å². The number of nitrogens with zero attached hydrogens (tertiary/aromatic N) is 1. The number of anilines is 1. The molecule has 0 spiro atoms. The van der Waals surface area contributed by atoms with Crippen LogP contribution in [0.1, 0.15) is 16.1 Å². The molecule has 0 aliphatic carbocycles. The molecule has 0 unspecified atom stereocenters. The molecule has 1 atom stereocenters. The Hall–Kier alpha value is -2.73. The van der Waals surface area contributed by atoms with Crippen LogP contribution < -0.4 is 5.32 Å². The minimum Gasteiger partial charge on any atom is -0.443 e. The average molecular weight is 340 g/mol. The van der Waals surface area contributed by atoms with Crippen LogP contribution in [0.4, 0.5) is 5.69 Å². The lowest BCUT2D eigenvalue weighted by Crippen LogP contribution is -2.13. The summed E-state index contributed by atoms with van der Waals surface area (Å²) in [6.45, 7) is 1.99. The minimum atomic E-state index is -1.05. The molecule has 6 heteroatoms. The summed E-state index contributed by atoms with van der Waals surface area (Å²) in [6, 6.07) is 14.5. The molecule has 3 aromatic rings. The molecule has 1 amide bonds. The topological polar surface area (TPSA) is 72.2 Å². The lowest BCUT2D eigenvalue weighted by molar-refractivity contribution is 0.102. The fourth-order valence-corrected chi connectivity index (χ4v) is 2.76. The predicted molar refractivity (Wildman–Crippen MR) is 93.4 cm³/mol. The van der Waals surface area contributed by atoms with E-state index in [1.54, 1.807) is 30.5 Å². The maximum Gasteiger partial charge on any atom is 0.278 e. The standard InChI is InChI=1S/C18H16N2O3S/c1-12-3-5-13(6-4-12)17-16(19-11-23-17)18(21)20-14-7-9-15(10-8-14)24(2)22/h3-11H,1-2H3,(H,20,21)/t24-/m0/s1. The van der Waals surface area contributed by atoms with Crippen LogP contribution in [0.5, 0.6) is 0 Å². The zero-order valence-electron chi connectivity index (χ0n) is 13.3. The van der Waals surface area contributed by atoms with Crippen LogP contribution in [0.25, 0.3) is 11.3 Å².